The molecule has 0 amide bonds. The molecule has 0 aliphatic carbocycles. The van der Waals surface area contributed by atoms with Crippen LogP contribution in [0.25, 0.3) is 10.2 Å². The molecule has 0 unspecified atom stereocenters. The number of nitrogens with two attached hydrogens (primary N) is 1. The average molecular weight is 384 g/mol. The lowest BCUT2D eigenvalue weighted by molar-refractivity contribution is 0.0605. The van der Waals surface area contributed by atoms with Crippen LogP contribution in [-0.2, 0) is 15.2 Å². The number of fused-ring (bicyclic) bond motifs is 1. The van der Waals surface area contributed by atoms with Gasteiger partial charge in [0.05, 0.1) is 30.9 Å². The van der Waals surface area contributed by atoms with Crippen molar-refractivity contribution in [3.63, 3.8) is 0 Å². The van der Waals surface area contributed by atoms with Crippen LogP contribution in [0.1, 0.15) is 28.0 Å². The topological polar surface area (TPSA) is 120 Å². The van der Waals surface area contributed by atoms with Crippen LogP contribution >= 0.6 is 23.1 Å². The molecule has 8 nitrogen and oxygen atoms in total. The van der Waals surface area contributed by atoms with Gasteiger partial charge in [0.25, 0.3) is 5.56 Å². The second kappa shape index (κ2) is 8.45. The fourth-order valence-electron chi connectivity index (χ4n) is 2.22. The number of carbonyl (C=O) groups is 1. The van der Waals surface area contributed by atoms with E-state index in [9.17, 15) is 9.59 Å². The molecule has 0 radical (unpaired) electrons. The number of aromatic nitrogens is 2. The van der Waals surface area contributed by atoms with Gasteiger partial charge in [0.15, 0.2) is 5.17 Å². The molecule has 0 saturated carbocycles. The monoisotopic (exact) mass is 384 g/mol. The first-order valence-electron chi connectivity index (χ1n) is 7.43. The Balaban J connectivity index is 2.23. The van der Waals surface area contributed by atoms with Crippen LogP contribution in [-0.4, -0.2) is 48.0 Å². The highest BCUT2D eigenvalue weighted by Gasteiger charge is 2.19. The second-order valence-electron chi connectivity index (χ2n) is 5.30. The van der Waals surface area contributed by atoms with Gasteiger partial charge in [-0.25, -0.2) is 9.78 Å². The van der Waals surface area contributed by atoms with E-state index < -0.39 is 5.97 Å². The molecule has 136 valence electrons. The summed E-state index contributed by atoms with van der Waals surface area (Å²) in [6, 6.07) is -0.0467. The molecule has 0 fully saturated rings. The van der Waals surface area contributed by atoms with Gasteiger partial charge in [-0.1, -0.05) is 11.8 Å². The molecular weight excluding hydrogens is 364 g/mol. The smallest absolute Gasteiger partial charge is 0.348 e. The normalized spacial score (nSPS) is 13.2. The predicted molar refractivity (Wildman–Crippen MR) is 101 cm³/mol. The Morgan fingerprint density at radius 1 is 1.48 bits per heavy atom. The number of esters is 1. The molecule has 2 aromatic heterocycles. The molecule has 1 atom stereocenters. The number of ether oxygens (including phenoxy) is 2. The molecule has 2 aromatic rings. The van der Waals surface area contributed by atoms with Crippen LogP contribution in [0.2, 0.25) is 0 Å². The van der Waals surface area contributed by atoms with Gasteiger partial charge in [-0.3, -0.25) is 9.79 Å². The van der Waals surface area contributed by atoms with Gasteiger partial charge in [-0.15, -0.1) is 11.3 Å². The van der Waals surface area contributed by atoms with Gasteiger partial charge < -0.3 is 20.2 Å². The summed E-state index contributed by atoms with van der Waals surface area (Å²) in [5.74, 6) is 0.363. The van der Waals surface area contributed by atoms with Crippen LogP contribution in [0.5, 0.6) is 0 Å². The third-order valence-corrected chi connectivity index (χ3v) is 5.32. The summed E-state index contributed by atoms with van der Waals surface area (Å²) in [5.41, 5.74) is 6.16. The molecule has 10 heteroatoms. The Morgan fingerprint density at radius 2 is 2.20 bits per heavy atom. The molecule has 3 N–H and O–H groups in total. The number of hydrogen-bond donors (Lipinski definition) is 2. The molecule has 2 rings (SSSR count). The van der Waals surface area contributed by atoms with Gasteiger partial charge in [-0.2, -0.15) is 0 Å². The Kier molecular flexibility index (Phi) is 6.57. The number of methoxy groups -OCH3 is 2. The quantitative estimate of drug-likeness (QED) is 0.441. The first-order valence-corrected chi connectivity index (χ1v) is 9.23. The van der Waals surface area contributed by atoms with E-state index in [0.717, 1.165) is 11.3 Å². The molecule has 0 saturated heterocycles. The summed E-state index contributed by atoms with van der Waals surface area (Å²) < 4.78 is 9.74. The van der Waals surface area contributed by atoms with E-state index in [2.05, 4.69) is 15.0 Å². The predicted octanol–water partition coefficient (Wildman–Crippen LogP) is 1.66. The zero-order valence-corrected chi connectivity index (χ0v) is 16.0. The number of H-pyrrole nitrogens is 1. The zero-order chi connectivity index (χ0) is 18.6. The first kappa shape index (κ1) is 19.4. The summed E-state index contributed by atoms with van der Waals surface area (Å²) in [7, 11) is 2.91. The van der Waals surface area contributed by atoms with E-state index in [0.29, 0.717) is 44.0 Å². The molecule has 0 aromatic carbocycles. The number of nitrogens with one attached hydrogen (secondary N) is 1. The van der Waals surface area contributed by atoms with Gasteiger partial charge in [0, 0.05) is 7.11 Å². The Hall–Kier alpha value is -1.91. The van der Waals surface area contributed by atoms with Crippen molar-refractivity contribution in [2.24, 2.45) is 10.7 Å². The average Bonchev–Trinajstić information content (AvgIpc) is 2.89. The Labute approximate surface area is 152 Å². The maximum atomic E-state index is 12.3. The number of aromatic amines is 1. The summed E-state index contributed by atoms with van der Waals surface area (Å²) >= 11 is 2.42. The SMILES string of the molecule is COC[C@@H](C)N=C(N)SCc1nc2sc(C(=O)OC)c(C)c2c(=O)[nH]1. The van der Waals surface area contributed by atoms with Crippen LogP contribution in [0.3, 0.4) is 0 Å². The van der Waals surface area contributed by atoms with Crippen LogP contribution in [0, 0.1) is 6.92 Å². The number of amidine groups is 1. The van der Waals surface area contributed by atoms with E-state index in [1.807, 2.05) is 6.92 Å². The number of hydrogen-bond acceptors (Lipinski definition) is 8. The fourth-order valence-corrected chi connectivity index (χ4v) is 4.01. The molecular formula is C15H20N4O4S2. The molecule has 0 aliphatic rings. The van der Waals surface area contributed by atoms with Gasteiger partial charge in [0.1, 0.15) is 15.5 Å². The summed E-state index contributed by atoms with van der Waals surface area (Å²) in [4.78, 5) is 36.4. The van der Waals surface area contributed by atoms with Crippen molar-refractivity contribution >= 4 is 44.5 Å². The van der Waals surface area contributed by atoms with Crippen molar-refractivity contribution in [2.75, 3.05) is 20.8 Å². The lowest BCUT2D eigenvalue weighted by atomic mass is 10.2. The van der Waals surface area contributed by atoms with E-state index >= 15 is 0 Å². The standard InChI is InChI=1S/C15H20N4O4S2/c1-7(5-22-3)17-15(16)24-6-9-18-12(20)10-8(2)11(14(21)23-4)25-13(10)19-9/h7H,5-6H2,1-4H3,(H2,16,17)(H,18,19,20)/t7-/m1/s1. The van der Waals surface area contributed by atoms with E-state index in [1.165, 1.54) is 18.9 Å². The summed E-state index contributed by atoms with van der Waals surface area (Å²) in [6.07, 6.45) is 0. The molecule has 25 heavy (non-hydrogen) atoms. The number of rotatable bonds is 6. The van der Waals surface area contributed by atoms with Gasteiger partial charge in [0.2, 0.25) is 0 Å². The third kappa shape index (κ3) is 4.59. The van der Waals surface area contributed by atoms with Gasteiger partial charge in [-0.05, 0) is 19.4 Å². The lowest BCUT2D eigenvalue weighted by Gasteiger charge is -2.06. The highest BCUT2D eigenvalue weighted by molar-refractivity contribution is 8.13. The van der Waals surface area contributed by atoms with Crippen LogP contribution in [0.15, 0.2) is 9.79 Å². The molecule has 0 aliphatic heterocycles. The summed E-state index contributed by atoms with van der Waals surface area (Å²) in [5, 5.41) is 0.805. The Bertz CT molecular complexity index is 859. The van der Waals surface area contributed by atoms with Crippen LogP contribution in [0.4, 0.5) is 0 Å². The highest BCUT2D eigenvalue weighted by atomic mass is 32.2. The van der Waals surface area contributed by atoms with Gasteiger partial charge >= 0.3 is 5.97 Å². The maximum absolute atomic E-state index is 12.3. The largest absolute Gasteiger partial charge is 0.465 e. The fraction of sp³-hybridized carbons (Fsp3) is 0.467. The molecule has 0 bridgehead atoms. The number of aryl methyl sites for hydroxylation is 1. The van der Waals surface area contributed by atoms with Crippen molar-refractivity contribution in [1.29, 1.82) is 0 Å². The number of carbonyl (C=O) groups excluding carboxylic acids is 1. The van der Waals surface area contributed by atoms with Crippen molar-refractivity contribution in [2.45, 2.75) is 25.6 Å². The highest BCUT2D eigenvalue weighted by Crippen LogP contribution is 2.27. The van der Waals surface area contributed by atoms with E-state index in [1.54, 1.807) is 14.0 Å². The van der Waals surface area contributed by atoms with E-state index in [4.69, 9.17) is 15.2 Å². The molecule has 2 heterocycles. The molecule has 0 spiro atoms. The zero-order valence-electron chi connectivity index (χ0n) is 14.4. The number of aliphatic imine (C=N–C) groups is 1. The number of thiophene rings is 1. The minimum atomic E-state index is -0.473. The van der Waals surface area contributed by atoms with E-state index in [-0.39, 0.29) is 11.6 Å². The second-order valence-corrected chi connectivity index (χ2v) is 7.30. The lowest BCUT2D eigenvalue weighted by Crippen LogP contribution is -2.16. The summed E-state index contributed by atoms with van der Waals surface area (Å²) in [6.45, 7) is 4.08. The van der Waals surface area contributed by atoms with Crippen LogP contribution < -0.4 is 11.3 Å². The van der Waals surface area contributed by atoms with Crippen molar-refractivity contribution in [3.8, 4) is 0 Å². The number of nitrogens with zero attached hydrogens (tertiary/aromatic N) is 2. The Morgan fingerprint density at radius 3 is 2.84 bits per heavy atom. The number of thioether (sulfide) groups is 1. The first-order chi connectivity index (χ1) is 11.9. The van der Waals surface area contributed by atoms with Crippen molar-refractivity contribution in [1.82, 2.24) is 9.97 Å². The minimum absolute atomic E-state index is 0.0467. The van der Waals surface area contributed by atoms with Crippen molar-refractivity contribution in [3.05, 3.63) is 26.6 Å². The minimum Gasteiger partial charge on any atom is -0.465 e. The maximum Gasteiger partial charge on any atom is 0.348 e. The van der Waals surface area contributed by atoms with Crippen molar-refractivity contribution < 1.29 is 14.3 Å². The third-order valence-electron chi connectivity index (χ3n) is 3.33.